The van der Waals surface area contributed by atoms with E-state index in [9.17, 15) is 4.79 Å². The van der Waals surface area contributed by atoms with Crippen molar-refractivity contribution in [2.45, 2.75) is 6.92 Å². The molecule has 1 aliphatic heterocycles. The number of rotatable bonds is 9. The lowest BCUT2D eigenvalue weighted by Gasteiger charge is -2.26. The van der Waals surface area contributed by atoms with Crippen molar-refractivity contribution >= 4 is 27.7 Å². The molecule has 4 aromatic rings. The van der Waals surface area contributed by atoms with Gasteiger partial charge in [0.15, 0.2) is 0 Å². The summed E-state index contributed by atoms with van der Waals surface area (Å²) in [5.41, 5.74) is 5.07. The number of hydrogen-bond acceptors (Lipinski definition) is 7. The molecular weight excluding hydrogens is 562 g/mol. The van der Waals surface area contributed by atoms with Crippen LogP contribution in [0.3, 0.4) is 0 Å². The Kier molecular flexibility index (Phi) is 8.87. The highest BCUT2D eigenvalue weighted by molar-refractivity contribution is 9.10. The molecule has 202 valence electrons. The van der Waals surface area contributed by atoms with E-state index < -0.39 is 6.09 Å². The number of nitrogens with zero attached hydrogens (tertiary/aromatic N) is 3. The second kappa shape index (κ2) is 12.9. The number of amides is 1. The molecule has 2 N–H and O–H groups in total. The molecule has 0 aliphatic carbocycles. The Hall–Kier alpha value is -3.73. The minimum absolute atomic E-state index is 0.313. The molecule has 9 nitrogen and oxygen atoms in total. The molecule has 0 unspecified atom stereocenters. The van der Waals surface area contributed by atoms with Gasteiger partial charge in [0.2, 0.25) is 0 Å². The number of anilines is 1. The zero-order valence-corrected chi connectivity index (χ0v) is 23.2. The summed E-state index contributed by atoms with van der Waals surface area (Å²) in [6, 6.07) is 19.3. The highest BCUT2D eigenvalue weighted by Gasteiger charge is 2.17. The first kappa shape index (κ1) is 26.9. The van der Waals surface area contributed by atoms with Crippen LogP contribution in [0.5, 0.6) is 5.75 Å². The molecule has 1 fully saturated rings. The Balaban J connectivity index is 1.41. The molecule has 1 aliphatic rings. The molecule has 0 radical (unpaired) electrons. The fourth-order valence-corrected chi connectivity index (χ4v) is 4.70. The second-order valence-electron chi connectivity index (χ2n) is 8.93. The minimum atomic E-state index is -0.483. The SMILES string of the molecule is CCOC(=O)Nc1ccc(-c2nc(-c3cccc(OCCN4CCOCC4)c3)c(-c3ccnc(Br)c3)[nH]2)cc1. The smallest absolute Gasteiger partial charge is 0.411 e. The topological polar surface area (TPSA) is 102 Å². The van der Waals surface area contributed by atoms with Crippen LogP contribution < -0.4 is 10.1 Å². The van der Waals surface area contributed by atoms with Gasteiger partial charge in [-0.3, -0.25) is 10.2 Å². The molecule has 5 rings (SSSR count). The number of imidazole rings is 1. The molecule has 2 aromatic heterocycles. The minimum Gasteiger partial charge on any atom is -0.492 e. The number of aromatic amines is 1. The fraction of sp³-hybridized carbons (Fsp3) is 0.276. The average molecular weight is 592 g/mol. The molecule has 0 saturated carbocycles. The third-order valence-electron chi connectivity index (χ3n) is 6.29. The lowest BCUT2D eigenvalue weighted by atomic mass is 10.1. The predicted molar refractivity (Wildman–Crippen MR) is 154 cm³/mol. The highest BCUT2D eigenvalue weighted by atomic mass is 79.9. The molecule has 0 spiro atoms. The van der Waals surface area contributed by atoms with Crippen LogP contribution >= 0.6 is 15.9 Å². The number of hydrogen-bond donors (Lipinski definition) is 2. The van der Waals surface area contributed by atoms with Crippen molar-refractivity contribution in [1.29, 1.82) is 0 Å². The van der Waals surface area contributed by atoms with Crippen LogP contribution in [-0.2, 0) is 9.47 Å². The third-order valence-corrected chi connectivity index (χ3v) is 6.72. The van der Waals surface area contributed by atoms with Crippen molar-refractivity contribution in [2.24, 2.45) is 0 Å². The molecule has 1 amide bonds. The van der Waals surface area contributed by atoms with Gasteiger partial charge in [0.1, 0.15) is 22.8 Å². The quantitative estimate of drug-likeness (QED) is 0.235. The number of pyridine rings is 1. The van der Waals surface area contributed by atoms with E-state index in [1.165, 1.54) is 0 Å². The van der Waals surface area contributed by atoms with Crippen LogP contribution in [0.25, 0.3) is 33.9 Å². The van der Waals surface area contributed by atoms with Gasteiger partial charge in [0.25, 0.3) is 0 Å². The van der Waals surface area contributed by atoms with Gasteiger partial charge in [-0.1, -0.05) is 12.1 Å². The van der Waals surface area contributed by atoms with Crippen LogP contribution in [0.1, 0.15) is 6.92 Å². The molecular formula is C29H30BrN5O4. The van der Waals surface area contributed by atoms with Crippen molar-refractivity contribution in [3.8, 4) is 39.7 Å². The summed E-state index contributed by atoms with van der Waals surface area (Å²) in [7, 11) is 0. The zero-order chi connectivity index (χ0) is 27.0. The summed E-state index contributed by atoms with van der Waals surface area (Å²) >= 11 is 3.48. The first-order valence-electron chi connectivity index (χ1n) is 12.9. The Labute approximate surface area is 235 Å². The number of halogens is 1. The molecule has 0 atom stereocenters. The number of ether oxygens (including phenoxy) is 3. The van der Waals surface area contributed by atoms with E-state index in [0.29, 0.717) is 24.7 Å². The van der Waals surface area contributed by atoms with Gasteiger partial charge >= 0.3 is 6.09 Å². The third kappa shape index (κ3) is 7.03. The highest BCUT2D eigenvalue weighted by Crippen LogP contribution is 2.35. The Bertz CT molecular complexity index is 1400. The van der Waals surface area contributed by atoms with E-state index in [1.807, 2.05) is 60.7 Å². The Morgan fingerprint density at radius 3 is 2.67 bits per heavy atom. The number of H-pyrrole nitrogens is 1. The maximum absolute atomic E-state index is 11.8. The Morgan fingerprint density at radius 1 is 1.08 bits per heavy atom. The molecule has 0 bridgehead atoms. The van der Waals surface area contributed by atoms with Gasteiger partial charge < -0.3 is 19.2 Å². The van der Waals surface area contributed by atoms with Crippen LogP contribution in [-0.4, -0.2) is 72.0 Å². The lowest BCUT2D eigenvalue weighted by Crippen LogP contribution is -2.38. The van der Waals surface area contributed by atoms with Crippen molar-refractivity contribution in [3.05, 3.63) is 71.5 Å². The van der Waals surface area contributed by atoms with Crippen molar-refractivity contribution < 1.29 is 19.0 Å². The predicted octanol–water partition coefficient (Wildman–Crippen LogP) is 5.85. The van der Waals surface area contributed by atoms with Crippen molar-refractivity contribution in [3.63, 3.8) is 0 Å². The van der Waals surface area contributed by atoms with Gasteiger partial charge in [-0.15, -0.1) is 0 Å². The number of nitrogens with one attached hydrogen (secondary N) is 2. The molecule has 3 heterocycles. The summed E-state index contributed by atoms with van der Waals surface area (Å²) < 4.78 is 17.2. The van der Waals surface area contributed by atoms with Gasteiger partial charge in [0, 0.05) is 48.2 Å². The van der Waals surface area contributed by atoms with Gasteiger partial charge in [-0.05, 0) is 71.4 Å². The van der Waals surface area contributed by atoms with E-state index in [-0.39, 0.29) is 0 Å². The monoisotopic (exact) mass is 591 g/mol. The summed E-state index contributed by atoms with van der Waals surface area (Å²) in [6.45, 7) is 6.96. The van der Waals surface area contributed by atoms with Crippen LogP contribution in [0.15, 0.2) is 71.5 Å². The maximum atomic E-state index is 11.8. The molecule has 2 aromatic carbocycles. The fourth-order valence-electron chi connectivity index (χ4n) is 4.33. The van der Waals surface area contributed by atoms with Gasteiger partial charge in [-0.2, -0.15) is 0 Å². The summed E-state index contributed by atoms with van der Waals surface area (Å²) in [5.74, 6) is 1.50. The number of carbonyl (C=O) groups is 1. The van der Waals surface area contributed by atoms with Gasteiger partial charge in [0.05, 0.1) is 31.2 Å². The zero-order valence-electron chi connectivity index (χ0n) is 21.7. The first-order valence-corrected chi connectivity index (χ1v) is 13.7. The first-order chi connectivity index (χ1) is 19.1. The number of benzene rings is 2. The summed E-state index contributed by atoms with van der Waals surface area (Å²) in [4.78, 5) is 26.9. The van der Waals surface area contributed by atoms with Crippen LogP contribution in [0, 0.1) is 0 Å². The summed E-state index contributed by atoms with van der Waals surface area (Å²) in [5, 5.41) is 2.71. The van der Waals surface area contributed by atoms with E-state index in [2.05, 4.69) is 36.1 Å². The molecule has 10 heteroatoms. The van der Waals surface area contributed by atoms with Gasteiger partial charge in [-0.25, -0.2) is 14.8 Å². The standard InChI is InChI=1S/C29H30BrN5O4/c1-2-38-29(36)32-23-8-6-20(7-9-23)28-33-26(27(34-28)22-10-11-31-25(30)19-22)21-4-3-5-24(18-21)39-17-14-35-12-15-37-16-13-35/h3-11,18-19H,2,12-17H2,1H3,(H,32,36)(H,33,34). The van der Waals surface area contributed by atoms with Crippen LogP contribution in [0.2, 0.25) is 0 Å². The van der Waals surface area contributed by atoms with Crippen LogP contribution in [0.4, 0.5) is 10.5 Å². The number of carbonyl (C=O) groups excluding carboxylic acids is 1. The normalized spacial score (nSPS) is 13.7. The molecule has 1 saturated heterocycles. The Morgan fingerprint density at radius 2 is 1.90 bits per heavy atom. The van der Waals surface area contributed by atoms with Crippen molar-refractivity contribution in [2.75, 3.05) is 51.4 Å². The number of aromatic nitrogens is 3. The van der Waals surface area contributed by atoms with E-state index in [0.717, 1.165) is 71.3 Å². The van der Waals surface area contributed by atoms with Crippen molar-refractivity contribution in [1.82, 2.24) is 19.9 Å². The summed E-state index contributed by atoms with van der Waals surface area (Å²) in [6.07, 6.45) is 1.27. The second-order valence-corrected chi connectivity index (χ2v) is 9.74. The number of morpholine rings is 1. The van der Waals surface area contributed by atoms with E-state index >= 15 is 0 Å². The lowest BCUT2D eigenvalue weighted by molar-refractivity contribution is 0.0322. The van der Waals surface area contributed by atoms with E-state index in [1.54, 1.807) is 13.1 Å². The largest absolute Gasteiger partial charge is 0.492 e. The van der Waals surface area contributed by atoms with E-state index in [4.69, 9.17) is 19.2 Å². The maximum Gasteiger partial charge on any atom is 0.411 e. The average Bonchev–Trinajstić information content (AvgIpc) is 3.40. The molecule has 39 heavy (non-hydrogen) atoms.